The first kappa shape index (κ1) is 22.7. The van der Waals surface area contributed by atoms with E-state index in [2.05, 4.69) is 6.07 Å². The van der Waals surface area contributed by atoms with Crippen LogP contribution < -0.4 is 19.1 Å². The van der Waals surface area contributed by atoms with Crippen molar-refractivity contribution < 1.29 is 19.0 Å². The summed E-state index contributed by atoms with van der Waals surface area (Å²) >= 11 is 0. The molecule has 1 aromatic heterocycles. The minimum Gasteiger partial charge on any atom is -0.497 e. The second-order valence-electron chi connectivity index (χ2n) is 8.55. The number of fused-ring (bicyclic) bond motifs is 1. The maximum atomic E-state index is 13.2. The quantitative estimate of drug-likeness (QED) is 0.486. The van der Waals surface area contributed by atoms with Crippen LogP contribution in [-0.4, -0.2) is 51.2 Å². The van der Waals surface area contributed by atoms with E-state index in [9.17, 15) is 4.79 Å². The van der Waals surface area contributed by atoms with Gasteiger partial charge in [0.1, 0.15) is 28.6 Å². The Kier molecular flexibility index (Phi) is 6.58. The molecule has 1 heterocycles. The van der Waals surface area contributed by atoms with Crippen LogP contribution in [0.5, 0.6) is 17.2 Å². The van der Waals surface area contributed by atoms with Crippen LogP contribution in [0.25, 0.3) is 10.9 Å². The number of hydrogen-bond acceptors (Lipinski definition) is 6. The second kappa shape index (κ2) is 9.57. The highest BCUT2D eigenvalue weighted by molar-refractivity contribution is 5.92. The van der Waals surface area contributed by atoms with E-state index < -0.39 is 0 Å². The molecule has 0 saturated heterocycles. The minimum absolute atomic E-state index is 0.120. The van der Waals surface area contributed by atoms with Crippen LogP contribution in [0.2, 0.25) is 0 Å². The van der Waals surface area contributed by atoms with Crippen LogP contribution in [0.1, 0.15) is 24.0 Å². The van der Waals surface area contributed by atoms with E-state index in [1.54, 1.807) is 21.3 Å². The highest BCUT2D eigenvalue weighted by Gasteiger charge is 2.34. The molecule has 1 aliphatic carbocycles. The first-order valence-electron chi connectivity index (χ1n) is 11.1. The topological polar surface area (TPSA) is 64.1 Å². The zero-order valence-corrected chi connectivity index (χ0v) is 19.9. The van der Waals surface area contributed by atoms with Gasteiger partial charge in [-0.3, -0.25) is 4.79 Å². The van der Waals surface area contributed by atoms with E-state index >= 15 is 0 Å². The summed E-state index contributed by atoms with van der Waals surface area (Å²) in [6, 6.07) is 13.7. The molecule has 7 nitrogen and oxygen atoms in total. The number of amides is 1. The lowest BCUT2D eigenvalue weighted by Gasteiger charge is -2.26. The van der Waals surface area contributed by atoms with Gasteiger partial charge < -0.3 is 24.0 Å². The molecule has 1 saturated carbocycles. The molecule has 1 aliphatic rings. The normalized spacial score (nSPS) is 13.0. The molecule has 0 N–H and O–H groups in total. The maximum absolute atomic E-state index is 13.2. The van der Waals surface area contributed by atoms with Crippen LogP contribution in [0.15, 0.2) is 42.5 Å². The third-order valence-electron chi connectivity index (χ3n) is 5.96. The zero-order chi connectivity index (χ0) is 23.5. The van der Waals surface area contributed by atoms with Crippen molar-refractivity contribution in [3.8, 4) is 17.2 Å². The molecule has 0 aliphatic heterocycles. The summed E-state index contributed by atoms with van der Waals surface area (Å²) in [6.45, 7) is 0.984. The molecular weight excluding hydrogens is 418 g/mol. The number of rotatable bonds is 9. The van der Waals surface area contributed by atoms with Crippen molar-refractivity contribution in [3.05, 3.63) is 53.6 Å². The third kappa shape index (κ3) is 4.82. The molecule has 0 atom stereocenters. The van der Waals surface area contributed by atoms with E-state index in [4.69, 9.17) is 19.2 Å². The summed E-state index contributed by atoms with van der Waals surface area (Å²) in [5.41, 5.74) is 2.75. The highest BCUT2D eigenvalue weighted by Crippen LogP contribution is 2.37. The standard InChI is InChI=1S/C26H31N3O4/c1-28(2)25-19(14-21-22(32-4)12-13-23(33-5)24(21)27-25)16-29(26(30)18-8-9-18)15-17-6-10-20(31-3)11-7-17/h6-7,10-14,18H,8-9,15-16H2,1-5H3. The van der Waals surface area contributed by atoms with Crippen LogP contribution in [0.4, 0.5) is 5.82 Å². The van der Waals surface area contributed by atoms with Gasteiger partial charge in [-0.05, 0) is 48.7 Å². The Bertz CT molecular complexity index is 1140. The zero-order valence-electron chi connectivity index (χ0n) is 19.9. The Morgan fingerprint density at radius 3 is 2.18 bits per heavy atom. The van der Waals surface area contributed by atoms with Gasteiger partial charge in [0.05, 0.1) is 21.3 Å². The van der Waals surface area contributed by atoms with Crippen molar-refractivity contribution in [3.63, 3.8) is 0 Å². The van der Waals surface area contributed by atoms with Gasteiger partial charge >= 0.3 is 0 Å². The molecule has 1 fully saturated rings. The Balaban J connectivity index is 1.75. The van der Waals surface area contributed by atoms with E-state index in [1.807, 2.05) is 60.3 Å². The Morgan fingerprint density at radius 1 is 0.939 bits per heavy atom. The average Bonchev–Trinajstić information content (AvgIpc) is 3.68. The van der Waals surface area contributed by atoms with E-state index in [0.717, 1.165) is 52.2 Å². The first-order valence-corrected chi connectivity index (χ1v) is 11.1. The molecule has 33 heavy (non-hydrogen) atoms. The SMILES string of the molecule is COc1ccc(CN(Cc2cc3c(OC)ccc(OC)c3nc2N(C)C)C(=O)C2CC2)cc1. The predicted molar refractivity (Wildman–Crippen MR) is 129 cm³/mol. The summed E-state index contributed by atoms with van der Waals surface area (Å²) < 4.78 is 16.4. The second-order valence-corrected chi connectivity index (χ2v) is 8.55. The van der Waals surface area contributed by atoms with Gasteiger partial charge in [-0.2, -0.15) is 0 Å². The van der Waals surface area contributed by atoms with Crippen molar-refractivity contribution >= 4 is 22.6 Å². The van der Waals surface area contributed by atoms with Crippen LogP contribution in [0.3, 0.4) is 0 Å². The molecule has 2 aromatic carbocycles. The largest absolute Gasteiger partial charge is 0.497 e. The number of methoxy groups -OCH3 is 3. The number of ether oxygens (including phenoxy) is 3. The lowest BCUT2D eigenvalue weighted by Crippen LogP contribution is -2.32. The molecule has 1 amide bonds. The number of nitrogens with zero attached hydrogens (tertiary/aromatic N) is 3. The van der Waals surface area contributed by atoms with Crippen LogP contribution in [0, 0.1) is 5.92 Å². The number of benzene rings is 2. The van der Waals surface area contributed by atoms with Crippen molar-refractivity contribution in [1.29, 1.82) is 0 Å². The van der Waals surface area contributed by atoms with Gasteiger partial charge in [0.2, 0.25) is 5.91 Å². The number of anilines is 1. The monoisotopic (exact) mass is 449 g/mol. The van der Waals surface area contributed by atoms with Crippen LogP contribution in [-0.2, 0) is 17.9 Å². The minimum atomic E-state index is 0.120. The third-order valence-corrected chi connectivity index (χ3v) is 5.96. The molecule has 4 rings (SSSR count). The predicted octanol–water partition coefficient (Wildman–Crippen LogP) is 4.27. The molecule has 0 unspecified atom stereocenters. The Morgan fingerprint density at radius 2 is 1.61 bits per heavy atom. The fourth-order valence-electron chi connectivity index (χ4n) is 4.04. The molecule has 7 heteroatoms. The van der Waals surface area contributed by atoms with E-state index in [0.29, 0.717) is 18.8 Å². The average molecular weight is 450 g/mol. The van der Waals surface area contributed by atoms with Gasteiger partial charge in [0, 0.05) is 44.1 Å². The lowest BCUT2D eigenvalue weighted by atomic mass is 10.1. The molecular formula is C26H31N3O4. The number of pyridine rings is 1. The van der Waals surface area contributed by atoms with Crippen molar-refractivity contribution in [2.24, 2.45) is 5.92 Å². The molecule has 0 spiro atoms. The lowest BCUT2D eigenvalue weighted by molar-refractivity contribution is -0.133. The molecule has 3 aromatic rings. The summed E-state index contributed by atoms with van der Waals surface area (Å²) in [6.07, 6.45) is 1.92. The fraction of sp³-hybridized carbons (Fsp3) is 0.385. The summed E-state index contributed by atoms with van der Waals surface area (Å²) in [4.78, 5) is 22.1. The first-order chi connectivity index (χ1) is 15.9. The number of carbonyl (C=O) groups excluding carboxylic acids is 1. The highest BCUT2D eigenvalue weighted by atomic mass is 16.5. The van der Waals surface area contributed by atoms with Crippen molar-refractivity contribution in [2.45, 2.75) is 25.9 Å². The van der Waals surface area contributed by atoms with Crippen molar-refractivity contribution in [2.75, 3.05) is 40.3 Å². The summed E-state index contributed by atoms with van der Waals surface area (Å²) in [7, 11) is 8.85. The summed E-state index contributed by atoms with van der Waals surface area (Å²) in [5.74, 6) is 3.32. The smallest absolute Gasteiger partial charge is 0.226 e. The van der Waals surface area contributed by atoms with Crippen molar-refractivity contribution in [1.82, 2.24) is 9.88 Å². The number of hydrogen-bond donors (Lipinski definition) is 0. The number of aromatic nitrogens is 1. The Hall–Kier alpha value is -3.48. The molecule has 0 radical (unpaired) electrons. The molecule has 174 valence electrons. The van der Waals surface area contributed by atoms with Crippen LogP contribution >= 0.6 is 0 Å². The maximum Gasteiger partial charge on any atom is 0.226 e. The number of carbonyl (C=O) groups is 1. The molecule has 0 bridgehead atoms. The van der Waals surface area contributed by atoms with Gasteiger partial charge in [0.25, 0.3) is 0 Å². The van der Waals surface area contributed by atoms with Gasteiger partial charge in [0.15, 0.2) is 0 Å². The summed E-state index contributed by atoms with van der Waals surface area (Å²) in [5, 5.41) is 0.862. The van der Waals surface area contributed by atoms with Gasteiger partial charge in [-0.15, -0.1) is 0 Å². The van der Waals surface area contributed by atoms with E-state index in [1.165, 1.54) is 0 Å². The van der Waals surface area contributed by atoms with E-state index in [-0.39, 0.29) is 11.8 Å². The fourth-order valence-corrected chi connectivity index (χ4v) is 4.04. The van der Waals surface area contributed by atoms with Gasteiger partial charge in [-0.1, -0.05) is 12.1 Å². The Labute approximate surface area is 194 Å². The van der Waals surface area contributed by atoms with Gasteiger partial charge in [-0.25, -0.2) is 4.98 Å².